The van der Waals surface area contributed by atoms with Crippen molar-refractivity contribution in [3.05, 3.63) is 58.8 Å². The standard InChI is InChI=1S/C27H35N3O4/c31-27(32)25(23-10-2-1-9-22(23)24-11-6-16-34-24)30-17-21(18-30)33-15-4-3-8-20-13-12-19-7-5-14-28-26(19)29-20/h1-2,9-10,12-13,21,24-25H,3-8,11,14-18H2,(H,28,29)(H,31,32). The molecule has 1 aromatic heterocycles. The quantitative estimate of drug-likeness (QED) is 0.510. The first-order valence-electron chi connectivity index (χ1n) is 12.7. The van der Waals surface area contributed by atoms with E-state index in [4.69, 9.17) is 14.5 Å². The normalized spacial score (nSPS) is 21.5. The molecule has 2 aromatic rings. The first-order valence-corrected chi connectivity index (χ1v) is 12.7. The Balaban J connectivity index is 1.07. The van der Waals surface area contributed by atoms with Crippen molar-refractivity contribution in [3.63, 3.8) is 0 Å². The molecule has 1 aromatic carbocycles. The summed E-state index contributed by atoms with van der Waals surface area (Å²) in [5.74, 6) is 0.250. The van der Waals surface area contributed by atoms with Crippen LogP contribution in [0.3, 0.4) is 0 Å². The number of carboxylic acids is 1. The number of rotatable bonds is 10. The van der Waals surface area contributed by atoms with Gasteiger partial charge in [0.2, 0.25) is 0 Å². The van der Waals surface area contributed by atoms with Crippen LogP contribution in [-0.4, -0.2) is 59.9 Å². The first-order chi connectivity index (χ1) is 16.7. The highest BCUT2D eigenvalue weighted by molar-refractivity contribution is 5.76. The van der Waals surface area contributed by atoms with E-state index in [2.05, 4.69) is 17.4 Å². The molecule has 7 nitrogen and oxygen atoms in total. The summed E-state index contributed by atoms with van der Waals surface area (Å²) in [4.78, 5) is 19.0. The fourth-order valence-electron chi connectivity index (χ4n) is 5.31. The minimum Gasteiger partial charge on any atom is -0.480 e. The molecule has 0 aliphatic carbocycles. The molecule has 2 atom stereocenters. The molecule has 0 saturated carbocycles. The molecule has 4 heterocycles. The summed E-state index contributed by atoms with van der Waals surface area (Å²) in [7, 11) is 0. The van der Waals surface area contributed by atoms with E-state index in [0.29, 0.717) is 19.7 Å². The number of unbranched alkanes of at least 4 members (excludes halogenated alkanes) is 1. The molecule has 0 spiro atoms. The number of aliphatic carboxylic acids is 1. The second kappa shape index (κ2) is 10.8. The molecule has 0 bridgehead atoms. The fraction of sp³-hybridized carbons (Fsp3) is 0.556. The summed E-state index contributed by atoms with van der Waals surface area (Å²) in [5.41, 5.74) is 4.33. The lowest BCUT2D eigenvalue weighted by atomic mass is 9.92. The van der Waals surface area contributed by atoms with Gasteiger partial charge in [0.05, 0.1) is 12.2 Å². The molecule has 3 aliphatic heterocycles. The molecule has 7 heteroatoms. The number of nitrogens with one attached hydrogen (secondary N) is 1. The van der Waals surface area contributed by atoms with Gasteiger partial charge in [0.25, 0.3) is 0 Å². The molecule has 3 aliphatic rings. The van der Waals surface area contributed by atoms with Crippen LogP contribution in [-0.2, 0) is 27.1 Å². The molecule has 0 amide bonds. The summed E-state index contributed by atoms with van der Waals surface area (Å²) >= 11 is 0. The Morgan fingerprint density at radius 1 is 1.21 bits per heavy atom. The maximum atomic E-state index is 12.2. The van der Waals surface area contributed by atoms with Crippen LogP contribution < -0.4 is 5.32 Å². The van der Waals surface area contributed by atoms with Crippen LogP contribution in [0.1, 0.15) is 66.6 Å². The monoisotopic (exact) mass is 465 g/mol. The van der Waals surface area contributed by atoms with Crippen molar-refractivity contribution in [2.24, 2.45) is 0 Å². The van der Waals surface area contributed by atoms with Crippen LogP contribution in [0.4, 0.5) is 5.82 Å². The van der Waals surface area contributed by atoms with Crippen molar-refractivity contribution in [2.45, 2.75) is 63.2 Å². The predicted octanol–water partition coefficient (Wildman–Crippen LogP) is 4.14. The zero-order valence-electron chi connectivity index (χ0n) is 19.7. The number of pyridine rings is 1. The van der Waals surface area contributed by atoms with E-state index in [-0.39, 0.29) is 12.2 Å². The topological polar surface area (TPSA) is 83.9 Å². The summed E-state index contributed by atoms with van der Waals surface area (Å²) in [6.45, 7) is 3.75. The van der Waals surface area contributed by atoms with E-state index in [1.54, 1.807) is 0 Å². The van der Waals surface area contributed by atoms with Gasteiger partial charge in [-0.15, -0.1) is 0 Å². The fourth-order valence-corrected chi connectivity index (χ4v) is 5.31. The Labute approximate surface area is 201 Å². The third-order valence-electron chi connectivity index (χ3n) is 7.18. The number of hydrogen-bond donors (Lipinski definition) is 2. The summed E-state index contributed by atoms with van der Waals surface area (Å²) in [6, 6.07) is 11.6. The van der Waals surface area contributed by atoms with Crippen molar-refractivity contribution in [1.82, 2.24) is 9.88 Å². The van der Waals surface area contributed by atoms with Gasteiger partial charge in [0.1, 0.15) is 11.9 Å². The lowest BCUT2D eigenvalue weighted by Crippen LogP contribution is -2.55. The highest BCUT2D eigenvalue weighted by Crippen LogP contribution is 2.37. The average molecular weight is 466 g/mol. The second-order valence-electron chi connectivity index (χ2n) is 9.62. The van der Waals surface area contributed by atoms with E-state index in [9.17, 15) is 9.90 Å². The highest BCUT2D eigenvalue weighted by Gasteiger charge is 2.39. The molecule has 182 valence electrons. The number of hydrogen-bond acceptors (Lipinski definition) is 6. The van der Waals surface area contributed by atoms with Crippen LogP contribution in [0.5, 0.6) is 0 Å². The lowest BCUT2D eigenvalue weighted by Gasteiger charge is -2.43. The van der Waals surface area contributed by atoms with Gasteiger partial charge in [-0.05, 0) is 67.7 Å². The van der Waals surface area contributed by atoms with Crippen LogP contribution in [0.25, 0.3) is 0 Å². The van der Waals surface area contributed by atoms with Gasteiger partial charge in [-0.25, -0.2) is 4.98 Å². The number of nitrogens with zero attached hydrogens (tertiary/aromatic N) is 2. The number of aryl methyl sites for hydroxylation is 2. The Kier molecular flexibility index (Phi) is 7.42. The Hall–Kier alpha value is -2.48. The van der Waals surface area contributed by atoms with E-state index < -0.39 is 12.0 Å². The molecule has 34 heavy (non-hydrogen) atoms. The molecule has 2 saturated heterocycles. The number of fused-ring (bicyclic) bond motifs is 1. The minimum atomic E-state index is -0.809. The van der Waals surface area contributed by atoms with Crippen LogP contribution in [0.2, 0.25) is 0 Å². The van der Waals surface area contributed by atoms with Gasteiger partial charge in [0.15, 0.2) is 0 Å². The SMILES string of the molecule is O=C(O)C(c1ccccc1C1CCCO1)N1CC(OCCCCc2ccc3c(n2)NCCC3)C1. The maximum absolute atomic E-state index is 12.2. The van der Waals surface area contributed by atoms with Crippen molar-refractivity contribution in [3.8, 4) is 0 Å². The molecular formula is C27H35N3O4. The van der Waals surface area contributed by atoms with Gasteiger partial charge in [-0.2, -0.15) is 0 Å². The van der Waals surface area contributed by atoms with Crippen molar-refractivity contribution < 1.29 is 19.4 Å². The van der Waals surface area contributed by atoms with Gasteiger partial charge < -0.3 is 19.9 Å². The van der Waals surface area contributed by atoms with Gasteiger partial charge >= 0.3 is 5.97 Å². The number of carbonyl (C=O) groups is 1. The number of aromatic nitrogens is 1. The highest BCUT2D eigenvalue weighted by atomic mass is 16.5. The lowest BCUT2D eigenvalue weighted by molar-refractivity contribution is -0.151. The molecule has 2 N–H and O–H groups in total. The zero-order valence-corrected chi connectivity index (χ0v) is 19.7. The predicted molar refractivity (Wildman–Crippen MR) is 130 cm³/mol. The van der Waals surface area contributed by atoms with E-state index >= 15 is 0 Å². The number of likely N-dealkylation sites (tertiary alicyclic amines) is 1. The Morgan fingerprint density at radius 3 is 2.91 bits per heavy atom. The minimum absolute atomic E-state index is 0.00626. The van der Waals surface area contributed by atoms with Crippen LogP contribution in [0.15, 0.2) is 36.4 Å². The van der Waals surface area contributed by atoms with Crippen LogP contribution >= 0.6 is 0 Å². The van der Waals surface area contributed by atoms with Gasteiger partial charge in [-0.3, -0.25) is 9.69 Å². The van der Waals surface area contributed by atoms with Crippen molar-refractivity contribution >= 4 is 11.8 Å². The number of carboxylic acid groups (broad SMARTS) is 1. The summed E-state index contributed by atoms with van der Waals surface area (Å²) in [6.07, 6.45) is 7.35. The van der Waals surface area contributed by atoms with Gasteiger partial charge in [0, 0.05) is 38.5 Å². The number of ether oxygens (including phenoxy) is 2. The third kappa shape index (κ3) is 5.27. The molecule has 0 radical (unpaired) electrons. The zero-order chi connectivity index (χ0) is 23.3. The molecule has 2 unspecified atom stereocenters. The van der Waals surface area contributed by atoms with Gasteiger partial charge in [-0.1, -0.05) is 30.3 Å². The van der Waals surface area contributed by atoms with E-state index in [0.717, 1.165) is 74.3 Å². The van der Waals surface area contributed by atoms with E-state index in [1.165, 1.54) is 12.0 Å². The summed E-state index contributed by atoms with van der Waals surface area (Å²) < 4.78 is 11.9. The Morgan fingerprint density at radius 2 is 2.09 bits per heavy atom. The van der Waals surface area contributed by atoms with E-state index in [1.807, 2.05) is 29.2 Å². The Bertz CT molecular complexity index is 986. The van der Waals surface area contributed by atoms with Crippen molar-refractivity contribution in [1.29, 1.82) is 0 Å². The smallest absolute Gasteiger partial charge is 0.325 e. The number of anilines is 1. The molecular weight excluding hydrogens is 430 g/mol. The molecule has 2 fully saturated rings. The number of benzene rings is 1. The molecule has 5 rings (SSSR count). The van der Waals surface area contributed by atoms with Crippen molar-refractivity contribution in [2.75, 3.05) is 38.2 Å². The second-order valence-corrected chi connectivity index (χ2v) is 9.62. The largest absolute Gasteiger partial charge is 0.480 e. The third-order valence-corrected chi connectivity index (χ3v) is 7.18. The maximum Gasteiger partial charge on any atom is 0.325 e. The average Bonchev–Trinajstić information content (AvgIpc) is 3.37. The van der Waals surface area contributed by atoms with Crippen LogP contribution in [0, 0.1) is 0 Å². The summed E-state index contributed by atoms with van der Waals surface area (Å²) in [5, 5.41) is 13.4. The first kappa shape index (κ1) is 23.3.